The number of aliphatic hydroxyl groups excluding tert-OH is 1. The Labute approximate surface area is 143 Å². The maximum Gasteiger partial charge on any atom is 0.309 e. The highest BCUT2D eigenvalue weighted by Crippen LogP contribution is 2.32. The maximum absolute atomic E-state index is 11.8. The number of benzene rings is 1. The summed E-state index contributed by atoms with van der Waals surface area (Å²) in [6.07, 6.45) is 0.503. The molecule has 0 radical (unpaired) electrons. The topological polar surface area (TPSA) is 110 Å². The van der Waals surface area contributed by atoms with Crippen LogP contribution in [0.5, 0.6) is 11.5 Å². The number of hydrogen-bond acceptors (Lipinski definition) is 6. The second-order valence-corrected chi connectivity index (χ2v) is 5.39. The fraction of sp³-hybridized carbons (Fsp3) is 0.294. The van der Waals surface area contributed by atoms with Gasteiger partial charge in [-0.25, -0.2) is 0 Å². The van der Waals surface area contributed by atoms with Gasteiger partial charge in [-0.2, -0.15) is 0 Å². The summed E-state index contributed by atoms with van der Waals surface area (Å²) in [7, 11) is 0. The minimum atomic E-state index is -0.974. The SMILES string of the molecule is O=C(NCc1ccco1)C(=O)NC[C@H](O)c1ccc2c(c1)OCCO2. The molecule has 0 fully saturated rings. The lowest BCUT2D eigenvalue weighted by atomic mass is 10.1. The predicted molar refractivity (Wildman–Crippen MR) is 86.0 cm³/mol. The lowest BCUT2D eigenvalue weighted by molar-refractivity contribution is -0.139. The summed E-state index contributed by atoms with van der Waals surface area (Å²) in [5.41, 5.74) is 0.556. The van der Waals surface area contributed by atoms with Crippen molar-refractivity contribution in [3.8, 4) is 11.5 Å². The lowest BCUT2D eigenvalue weighted by Gasteiger charge is -2.20. The number of amides is 2. The Morgan fingerprint density at radius 1 is 1.08 bits per heavy atom. The Kier molecular flexibility index (Phi) is 5.20. The average Bonchev–Trinajstić information content (AvgIpc) is 3.17. The molecule has 1 aromatic heterocycles. The van der Waals surface area contributed by atoms with E-state index in [0.29, 0.717) is 36.0 Å². The van der Waals surface area contributed by atoms with Crippen LogP contribution in [0.3, 0.4) is 0 Å². The normalized spacial score (nSPS) is 13.8. The summed E-state index contributed by atoms with van der Waals surface area (Å²) in [4.78, 5) is 23.5. The number of carbonyl (C=O) groups is 2. The molecule has 132 valence electrons. The third-order valence-corrected chi connectivity index (χ3v) is 3.62. The van der Waals surface area contributed by atoms with Crippen LogP contribution in [0.2, 0.25) is 0 Å². The maximum atomic E-state index is 11.8. The molecule has 2 aromatic rings. The molecule has 0 saturated heterocycles. The van der Waals surface area contributed by atoms with Crippen LogP contribution in [-0.4, -0.2) is 36.7 Å². The third kappa shape index (κ3) is 4.30. The smallest absolute Gasteiger partial charge is 0.309 e. The lowest BCUT2D eigenvalue weighted by Crippen LogP contribution is -2.41. The Hall–Kier alpha value is -3.00. The Bertz CT molecular complexity index is 744. The zero-order valence-corrected chi connectivity index (χ0v) is 13.4. The Morgan fingerprint density at radius 3 is 2.60 bits per heavy atom. The van der Waals surface area contributed by atoms with Gasteiger partial charge in [0.25, 0.3) is 0 Å². The van der Waals surface area contributed by atoms with Crippen molar-refractivity contribution in [1.29, 1.82) is 0 Å². The fourth-order valence-corrected chi connectivity index (χ4v) is 2.32. The van der Waals surface area contributed by atoms with Gasteiger partial charge < -0.3 is 29.6 Å². The van der Waals surface area contributed by atoms with E-state index in [2.05, 4.69) is 10.6 Å². The number of nitrogens with one attached hydrogen (secondary N) is 2. The molecule has 3 rings (SSSR count). The summed E-state index contributed by atoms with van der Waals surface area (Å²) >= 11 is 0. The first-order valence-corrected chi connectivity index (χ1v) is 7.79. The largest absolute Gasteiger partial charge is 0.486 e. The molecule has 0 saturated carbocycles. The van der Waals surface area contributed by atoms with Gasteiger partial charge in [-0.1, -0.05) is 6.07 Å². The molecule has 8 heteroatoms. The van der Waals surface area contributed by atoms with E-state index in [-0.39, 0.29) is 13.1 Å². The van der Waals surface area contributed by atoms with E-state index in [1.54, 1.807) is 30.3 Å². The molecule has 8 nitrogen and oxygen atoms in total. The number of aliphatic hydroxyl groups is 1. The summed E-state index contributed by atoms with van der Waals surface area (Å²) in [5, 5.41) is 15.0. The number of ether oxygens (including phenoxy) is 2. The average molecular weight is 346 g/mol. The van der Waals surface area contributed by atoms with Gasteiger partial charge in [0.1, 0.15) is 19.0 Å². The monoisotopic (exact) mass is 346 g/mol. The first-order chi connectivity index (χ1) is 12.1. The summed E-state index contributed by atoms with van der Waals surface area (Å²) in [5.74, 6) is 0.0697. The quantitative estimate of drug-likeness (QED) is 0.681. The number of hydrogen-bond donors (Lipinski definition) is 3. The van der Waals surface area contributed by atoms with E-state index in [0.717, 1.165) is 0 Å². The molecule has 0 spiro atoms. The molecule has 0 bridgehead atoms. The van der Waals surface area contributed by atoms with Gasteiger partial charge in [0.2, 0.25) is 0 Å². The number of rotatable bonds is 5. The Morgan fingerprint density at radius 2 is 1.84 bits per heavy atom. The summed E-state index contributed by atoms with van der Waals surface area (Å²) < 4.78 is 15.9. The number of furan rings is 1. The first-order valence-electron chi connectivity index (χ1n) is 7.79. The van der Waals surface area contributed by atoms with E-state index >= 15 is 0 Å². The molecule has 1 aromatic carbocycles. The second-order valence-electron chi connectivity index (χ2n) is 5.39. The standard InChI is InChI=1S/C17H18N2O6/c20-13(11-3-4-14-15(8-11)25-7-6-24-14)10-19-17(22)16(21)18-9-12-2-1-5-23-12/h1-5,8,13,20H,6-7,9-10H2,(H,18,21)(H,19,22)/t13-/m0/s1. The van der Waals surface area contributed by atoms with Crippen LogP contribution in [0.1, 0.15) is 17.4 Å². The number of carbonyl (C=O) groups excluding carboxylic acids is 2. The zero-order chi connectivity index (χ0) is 17.6. The Balaban J connectivity index is 1.48. The fourth-order valence-electron chi connectivity index (χ4n) is 2.32. The van der Waals surface area contributed by atoms with Crippen molar-refractivity contribution in [2.75, 3.05) is 19.8 Å². The van der Waals surface area contributed by atoms with Crippen molar-refractivity contribution >= 4 is 11.8 Å². The predicted octanol–water partition coefficient (Wildman–Crippen LogP) is 0.517. The van der Waals surface area contributed by atoms with Crippen molar-refractivity contribution in [2.45, 2.75) is 12.6 Å². The van der Waals surface area contributed by atoms with Crippen molar-refractivity contribution < 1.29 is 28.6 Å². The number of fused-ring (bicyclic) bond motifs is 1. The molecule has 1 aliphatic heterocycles. The highest BCUT2D eigenvalue weighted by atomic mass is 16.6. The molecule has 25 heavy (non-hydrogen) atoms. The van der Waals surface area contributed by atoms with Gasteiger partial charge in [-0.15, -0.1) is 0 Å². The molecule has 0 unspecified atom stereocenters. The van der Waals surface area contributed by atoms with Crippen LogP contribution in [0.25, 0.3) is 0 Å². The molecule has 1 atom stereocenters. The molecule has 1 aliphatic rings. The van der Waals surface area contributed by atoms with E-state index in [9.17, 15) is 14.7 Å². The van der Waals surface area contributed by atoms with Crippen molar-refractivity contribution in [3.05, 3.63) is 47.9 Å². The highest BCUT2D eigenvalue weighted by molar-refractivity contribution is 6.35. The molecule has 3 N–H and O–H groups in total. The minimum absolute atomic E-state index is 0.105. The van der Waals surface area contributed by atoms with Crippen molar-refractivity contribution in [3.63, 3.8) is 0 Å². The van der Waals surface area contributed by atoms with Crippen LogP contribution in [-0.2, 0) is 16.1 Å². The van der Waals surface area contributed by atoms with Gasteiger partial charge in [-0.05, 0) is 29.8 Å². The van der Waals surface area contributed by atoms with Crippen LogP contribution >= 0.6 is 0 Å². The van der Waals surface area contributed by atoms with E-state index in [1.165, 1.54) is 6.26 Å². The minimum Gasteiger partial charge on any atom is -0.486 e. The van der Waals surface area contributed by atoms with Crippen LogP contribution in [0.4, 0.5) is 0 Å². The molecular formula is C17H18N2O6. The van der Waals surface area contributed by atoms with E-state index < -0.39 is 17.9 Å². The van der Waals surface area contributed by atoms with Gasteiger partial charge in [-0.3, -0.25) is 9.59 Å². The van der Waals surface area contributed by atoms with E-state index in [4.69, 9.17) is 13.9 Å². The van der Waals surface area contributed by atoms with Crippen LogP contribution < -0.4 is 20.1 Å². The summed E-state index contributed by atoms with van der Waals surface area (Å²) in [6, 6.07) is 8.41. The van der Waals surface area contributed by atoms with Crippen molar-refractivity contribution in [1.82, 2.24) is 10.6 Å². The van der Waals surface area contributed by atoms with Gasteiger partial charge in [0.05, 0.1) is 18.9 Å². The van der Waals surface area contributed by atoms with Crippen LogP contribution in [0, 0.1) is 0 Å². The third-order valence-electron chi connectivity index (χ3n) is 3.62. The van der Waals surface area contributed by atoms with Crippen molar-refractivity contribution in [2.24, 2.45) is 0 Å². The molecule has 2 amide bonds. The zero-order valence-electron chi connectivity index (χ0n) is 13.4. The molecular weight excluding hydrogens is 328 g/mol. The summed E-state index contributed by atoms with van der Waals surface area (Å²) in [6.45, 7) is 0.938. The van der Waals surface area contributed by atoms with Crippen LogP contribution in [0.15, 0.2) is 41.0 Å². The first kappa shape index (κ1) is 16.8. The van der Waals surface area contributed by atoms with Gasteiger partial charge in [0, 0.05) is 6.54 Å². The van der Waals surface area contributed by atoms with Gasteiger partial charge in [0.15, 0.2) is 11.5 Å². The molecule has 0 aliphatic carbocycles. The van der Waals surface area contributed by atoms with Gasteiger partial charge >= 0.3 is 11.8 Å². The second kappa shape index (κ2) is 7.71. The highest BCUT2D eigenvalue weighted by Gasteiger charge is 2.18. The van der Waals surface area contributed by atoms with E-state index in [1.807, 2.05) is 0 Å². The molecule has 2 heterocycles.